The van der Waals surface area contributed by atoms with E-state index in [0.29, 0.717) is 11.6 Å². The van der Waals surface area contributed by atoms with Crippen LogP contribution in [0.15, 0.2) is 30.5 Å². The molecule has 2 aromatic rings. The zero-order valence-electron chi connectivity index (χ0n) is 11.7. The van der Waals surface area contributed by atoms with Gasteiger partial charge in [-0.05, 0) is 31.9 Å². The van der Waals surface area contributed by atoms with Gasteiger partial charge >= 0.3 is 5.97 Å². The first-order valence-electron chi connectivity index (χ1n) is 6.38. The maximum absolute atomic E-state index is 10.9. The fourth-order valence-corrected chi connectivity index (χ4v) is 2.09. The van der Waals surface area contributed by atoms with Crippen molar-refractivity contribution in [3.8, 4) is 0 Å². The maximum atomic E-state index is 10.9. The number of aryl methyl sites for hydroxylation is 2. The second kappa shape index (κ2) is 5.69. The summed E-state index contributed by atoms with van der Waals surface area (Å²) in [7, 11) is 0. The molecule has 1 heterocycles. The Hall–Kier alpha value is -2.43. The first-order chi connectivity index (χ1) is 9.49. The average Bonchev–Trinajstić information content (AvgIpc) is 2.38. The second-order valence-corrected chi connectivity index (χ2v) is 4.72. The number of nitrogens with zero attached hydrogens (tertiary/aromatic N) is 2. The minimum Gasteiger partial charge on any atom is -0.478 e. The largest absolute Gasteiger partial charge is 0.478 e. The van der Waals surface area contributed by atoms with Gasteiger partial charge in [-0.25, -0.2) is 14.8 Å². The number of hydrogen-bond donors (Lipinski definition) is 2. The van der Waals surface area contributed by atoms with E-state index in [0.717, 1.165) is 5.56 Å². The number of aromatic nitrogens is 2. The van der Waals surface area contributed by atoms with Gasteiger partial charge in [0, 0.05) is 6.20 Å². The van der Waals surface area contributed by atoms with Crippen LogP contribution in [0.2, 0.25) is 0 Å². The first-order valence-corrected chi connectivity index (χ1v) is 6.38. The van der Waals surface area contributed by atoms with Crippen LogP contribution in [-0.2, 0) is 0 Å². The molecule has 0 bridgehead atoms. The molecule has 104 valence electrons. The third-order valence-corrected chi connectivity index (χ3v) is 3.21. The van der Waals surface area contributed by atoms with Gasteiger partial charge in [0.05, 0.1) is 17.3 Å². The van der Waals surface area contributed by atoms with Crippen LogP contribution in [0.3, 0.4) is 0 Å². The van der Waals surface area contributed by atoms with Crippen LogP contribution >= 0.6 is 0 Å². The van der Waals surface area contributed by atoms with Crippen molar-refractivity contribution in [2.24, 2.45) is 0 Å². The minimum atomic E-state index is -1.01. The van der Waals surface area contributed by atoms with Crippen molar-refractivity contribution in [3.05, 3.63) is 52.8 Å². The number of benzene rings is 1. The molecule has 1 atom stereocenters. The van der Waals surface area contributed by atoms with Crippen LogP contribution in [0.1, 0.15) is 40.1 Å². The van der Waals surface area contributed by atoms with E-state index in [4.69, 9.17) is 5.11 Å². The molecule has 0 aliphatic rings. The molecule has 0 aliphatic carbocycles. The summed E-state index contributed by atoms with van der Waals surface area (Å²) in [4.78, 5) is 19.2. The van der Waals surface area contributed by atoms with Gasteiger partial charge in [0.1, 0.15) is 0 Å². The summed E-state index contributed by atoms with van der Waals surface area (Å²) in [5, 5.41) is 12.1. The SMILES string of the molecule is Cc1ccccc1C(C)Nc1ncc(C(=O)O)c(C)n1. The van der Waals surface area contributed by atoms with Crippen molar-refractivity contribution in [3.63, 3.8) is 0 Å². The lowest BCUT2D eigenvalue weighted by Gasteiger charge is -2.16. The maximum Gasteiger partial charge on any atom is 0.339 e. The summed E-state index contributed by atoms with van der Waals surface area (Å²) >= 11 is 0. The molecular formula is C15H17N3O2. The molecule has 5 nitrogen and oxygen atoms in total. The standard InChI is InChI=1S/C15H17N3O2/c1-9-6-4-5-7-12(9)10(2)17-15-16-8-13(14(19)20)11(3)18-15/h4-8,10H,1-3H3,(H,19,20)(H,16,17,18). The van der Waals surface area contributed by atoms with Crippen LogP contribution in [0.5, 0.6) is 0 Å². The van der Waals surface area contributed by atoms with Crippen LogP contribution in [0.4, 0.5) is 5.95 Å². The molecule has 1 aromatic heterocycles. The Kier molecular flexibility index (Phi) is 3.98. The molecule has 2 N–H and O–H groups in total. The fraction of sp³-hybridized carbons (Fsp3) is 0.267. The highest BCUT2D eigenvalue weighted by Gasteiger charge is 2.12. The van der Waals surface area contributed by atoms with Crippen molar-refractivity contribution in [2.75, 3.05) is 5.32 Å². The Morgan fingerprint density at radius 1 is 1.30 bits per heavy atom. The highest BCUT2D eigenvalue weighted by atomic mass is 16.4. The minimum absolute atomic E-state index is 0.0475. The molecule has 20 heavy (non-hydrogen) atoms. The highest BCUT2D eigenvalue weighted by molar-refractivity contribution is 5.88. The Morgan fingerprint density at radius 2 is 2.00 bits per heavy atom. The number of carboxylic acid groups (broad SMARTS) is 1. The zero-order chi connectivity index (χ0) is 14.7. The van der Waals surface area contributed by atoms with Gasteiger partial charge in [-0.3, -0.25) is 0 Å². The van der Waals surface area contributed by atoms with E-state index in [1.165, 1.54) is 11.8 Å². The lowest BCUT2D eigenvalue weighted by Crippen LogP contribution is -2.12. The van der Waals surface area contributed by atoms with Gasteiger partial charge in [-0.1, -0.05) is 24.3 Å². The van der Waals surface area contributed by atoms with Gasteiger partial charge < -0.3 is 10.4 Å². The quantitative estimate of drug-likeness (QED) is 0.894. The first kappa shape index (κ1) is 14.0. The van der Waals surface area contributed by atoms with Crippen LogP contribution in [-0.4, -0.2) is 21.0 Å². The Bertz CT molecular complexity index is 641. The van der Waals surface area contributed by atoms with Gasteiger partial charge in [-0.2, -0.15) is 0 Å². The molecule has 2 rings (SSSR count). The second-order valence-electron chi connectivity index (χ2n) is 4.72. The molecular weight excluding hydrogens is 254 g/mol. The smallest absolute Gasteiger partial charge is 0.339 e. The third kappa shape index (κ3) is 2.93. The van der Waals surface area contributed by atoms with Gasteiger partial charge in [0.25, 0.3) is 0 Å². The summed E-state index contributed by atoms with van der Waals surface area (Å²) in [6.45, 7) is 5.73. The molecule has 1 unspecified atom stereocenters. The number of carboxylic acids is 1. The van der Waals surface area contributed by atoms with Crippen molar-refractivity contribution < 1.29 is 9.90 Å². The third-order valence-electron chi connectivity index (χ3n) is 3.21. The van der Waals surface area contributed by atoms with Crippen LogP contribution < -0.4 is 5.32 Å². The molecule has 0 radical (unpaired) electrons. The van der Waals surface area contributed by atoms with E-state index in [9.17, 15) is 4.79 Å². The molecule has 0 saturated heterocycles. The monoisotopic (exact) mass is 271 g/mol. The summed E-state index contributed by atoms with van der Waals surface area (Å²) in [5.41, 5.74) is 2.92. The number of carbonyl (C=O) groups is 1. The molecule has 0 saturated carbocycles. The van der Waals surface area contributed by atoms with Crippen LogP contribution in [0.25, 0.3) is 0 Å². The summed E-state index contributed by atoms with van der Waals surface area (Å²) in [5.74, 6) is -0.579. The molecule has 5 heteroatoms. The molecule has 0 spiro atoms. The van der Waals surface area contributed by atoms with E-state index in [-0.39, 0.29) is 11.6 Å². The van der Waals surface area contributed by atoms with Gasteiger partial charge in [0.2, 0.25) is 5.95 Å². The summed E-state index contributed by atoms with van der Waals surface area (Å²) in [6, 6.07) is 8.12. The van der Waals surface area contributed by atoms with E-state index < -0.39 is 5.97 Å². The number of rotatable bonds is 4. The lowest BCUT2D eigenvalue weighted by atomic mass is 10.0. The van der Waals surface area contributed by atoms with E-state index in [1.807, 2.05) is 38.1 Å². The highest BCUT2D eigenvalue weighted by Crippen LogP contribution is 2.20. The fourth-order valence-electron chi connectivity index (χ4n) is 2.09. The number of anilines is 1. The summed E-state index contributed by atoms with van der Waals surface area (Å²) < 4.78 is 0. The number of hydrogen-bond acceptors (Lipinski definition) is 4. The van der Waals surface area contributed by atoms with Crippen molar-refractivity contribution >= 4 is 11.9 Å². The zero-order valence-corrected chi connectivity index (χ0v) is 11.7. The van der Waals surface area contributed by atoms with Gasteiger partial charge in [0.15, 0.2) is 0 Å². The number of aromatic carboxylic acids is 1. The molecule has 0 amide bonds. The normalized spacial score (nSPS) is 11.9. The van der Waals surface area contributed by atoms with Crippen molar-refractivity contribution in [1.82, 2.24) is 9.97 Å². The predicted molar refractivity (Wildman–Crippen MR) is 76.9 cm³/mol. The van der Waals surface area contributed by atoms with Gasteiger partial charge in [-0.15, -0.1) is 0 Å². The Labute approximate surface area is 117 Å². The van der Waals surface area contributed by atoms with E-state index >= 15 is 0 Å². The topological polar surface area (TPSA) is 75.1 Å². The lowest BCUT2D eigenvalue weighted by molar-refractivity contribution is 0.0695. The molecule has 1 aromatic carbocycles. The molecule has 0 aliphatic heterocycles. The van der Waals surface area contributed by atoms with Crippen molar-refractivity contribution in [1.29, 1.82) is 0 Å². The van der Waals surface area contributed by atoms with Crippen molar-refractivity contribution in [2.45, 2.75) is 26.8 Å². The summed E-state index contributed by atoms with van der Waals surface area (Å²) in [6.07, 6.45) is 1.33. The Balaban J connectivity index is 2.20. The van der Waals surface area contributed by atoms with E-state index in [1.54, 1.807) is 6.92 Å². The Morgan fingerprint density at radius 3 is 2.60 bits per heavy atom. The predicted octanol–water partition coefficient (Wildman–Crippen LogP) is 2.96. The number of nitrogens with one attached hydrogen (secondary N) is 1. The van der Waals surface area contributed by atoms with E-state index in [2.05, 4.69) is 15.3 Å². The van der Waals surface area contributed by atoms with Crippen LogP contribution in [0, 0.1) is 13.8 Å². The average molecular weight is 271 g/mol. The molecule has 0 fully saturated rings.